The van der Waals surface area contributed by atoms with Gasteiger partial charge in [0.2, 0.25) is 11.9 Å². The Morgan fingerprint density at radius 1 is 0.768 bits per heavy atom. The quantitative estimate of drug-likeness (QED) is 0.0535. The minimum atomic E-state index is -4.80. The Hall–Kier alpha value is -7.51. The molecule has 19 heteroatoms. The molecule has 0 unspecified atom stereocenters. The van der Waals surface area contributed by atoms with E-state index in [4.69, 9.17) is 4.74 Å². The summed E-state index contributed by atoms with van der Waals surface area (Å²) in [7, 11) is -1.64. The van der Waals surface area contributed by atoms with Crippen molar-refractivity contribution < 1.29 is 47.4 Å². The zero-order chi connectivity index (χ0) is 40.1. The molecule has 6 aromatic rings. The second-order valence-electron chi connectivity index (χ2n) is 12.1. The number of aromatic hydroxyl groups is 1. The number of carboxylic acid groups (broad SMARTS) is 2. The number of phenolic OH excluding ortho intramolecular Hbond substituents is 1. The largest absolute Gasteiger partial charge is 0.505 e. The zero-order valence-corrected chi connectivity index (χ0v) is 30.1. The molecule has 0 aliphatic carbocycles. The molecule has 5 aromatic carbocycles. The Bertz CT molecular complexity index is 2620. The number of hydrogen-bond donors (Lipinski definition) is 6. The molecular formula is C37H30N8O10S. The molecule has 6 N–H and O–H groups in total. The summed E-state index contributed by atoms with van der Waals surface area (Å²) >= 11 is 0. The third-order valence-corrected chi connectivity index (χ3v) is 8.73. The van der Waals surface area contributed by atoms with Gasteiger partial charge in [-0.05, 0) is 59.5 Å². The van der Waals surface area contributed by atoms with Crippen molar-refractivity contribution in [2.45, 2.75) is 11.5 Å². The van der Waals surface area contributed by atoms with E-state index in [0.29, 0.717) is 0 Å². The lowest BCUT2D eigenvalue weighted by Gasteiger charge is -2.15. The van der Waals surface area contributed by atoms with Crippen molar-refractivity contribution >= 4 is 73.4 Å². The number of fused-ring (bicyclic) bond motifs is 1. The normalized spacial score (nSPS) is 11.3. The lowest BCUT2D eigenvalue weighted by atomic mass is 10.1. The van der Waals surface area contributed by atoms with Crippen molar-refractivity contribution in [1.82, 2.24) is 19.9 Å². The number of azo groups is 1. The summed E-state index contributed by atoms with van der Waals surface area (Å²) in [4.78, 5) is 49.9. The number of anilines is 4. The SMILES string of the molecule is CN(C)C(=O)c1ccccc1N=Nc1ccc2cc(S(=O)(=O)O)cc(Nc3nc(Nc4cc(C(=O)O)cc(C(=O)O)c4)nc(OCc4ccccc4)n3)c2c1O. The standard InChI is InChI=1S/C37H30N8O10S/c1-45(2)32(47)26-10-6-7-11-27(26)43-44-28-13-12-21-17-25(56(52,53)54)18-29(30(21)31(28)46)39-36-40-35(41-37(42-36)55-19-20-8-4-3-5-9-20)38-24-15-22(33(48)49)14-23(16-24)34(50)51/h3-18,46H,19H2,1-2H3,(H,48,49)(H,50,51)(H,52,53,54)(H2,38,39,40,41,42). The van der Waals surface area contributed by atoms with Gasteiger partial charge in [-0.15, -0.1) is 10.2 Å². The highest BCUT2D eigenvalue weighted by atomic mass is 32.2. The van der Waals surface area contributed by atoms with Crippen LogP contribution in [0.25, 0.3) is 10.8 Å². The first-order valence-corrected chi connectivity index (χ1v) is 17.7. The Labute approximate surface area is 317 Å². The van der Waals surface area contributed by atoms with Gasteiger partial charge in [-0.25, -0.2) is 9.59 Å². The summed E-state index contributed by atoms with van der Waals surface area (Å²) in [5, 5.41) is 44.7. The summed E-state index contributed by atoms with van der Waals surface area (Å²) < 4.78 is 40.5. The number of aromatic carboxylic acids is 2. The number of ether oxygens (including phenoxy) is 1. The summed E-state index contributed by atoms with van der Waals surface area (Å²) in [5.74, 6) is -4.15. The molecule has 0 bridgehead atoms. The Morgan fingerprint density at radius 2 is 1.39 bits per heavy atom. The average Bonchev–Trinajstić information content (AvgIpc) is 3.16. The van der Waals surface area contributed by atoms with Gasteiger partial charge in [-0.3, -0.25) is 9.35 Å². The molecule has 1 amide bonds. The summed E-state index contributed by atoms with van der Waals surface area (Å²) in [6, 6.07) is 23.3. The van der Waals surface area contributed by atoms with Crippen molar-refractivity contribution in [3.05, 3.63) is 119 Å². The van der Waals surface area contributed by atoms with Gasteiger partial charge in [0.05, 0.1) is 33.0 Å². The average molecular weight is 779 g/mol. The molecule has 1 heterocycles. The third-order valence-electron chi connectivity index (χ3n) is 7.90. The van der Waals surface area contributed by atoms with E-state index in [9.17, 15) is 42.7 Å². The highest BCUT2D eigenvalue weighted by Crippen LogP contribution is 2.42. The molecule has 0 saturated heterocycles. The summed E-state index contributed by atoms with van der Waals surface area (Å²) in [6.07, 6.45) is 0. The molecular weight excluding hydrogens is 749 g/mol. The van der Waals surface area contributed by atoms with Gasteiger partial charge in [-0.2, -0.15) is 23.4 Å². The number of phenols is 1. The number of amides is 1. The van der Waals surface area contributed by atoms with Crippen LogP contribution in [-0.2, 0) is 16.7 Å². The van der Waals surface area contributed by atoms with Gasteiger partial charge in [0.1, 0.15) is 12.3 Å². The lowest BCUT2D eigenvalue weighted by molar-refractivity contribution is 0.0696. The van der Waals surface area contributed by atoms with Crippen LogP contribution < -0.4 is 15.4 Å². The summed E-state index contributed by atoms with van der Waals surface area (Å²) in [5.41, 5.74) is 0.279. The van der Waals surface area contributed by atoms with Gasteiger partial charge in [0.25, 0.3) is 16.0 Å². The highest BCUT2D eigenvalue weighted by Gasteiger charge is 2.21. The third kappa shape index (κ3) is 8.81. The number of carbonyl (C=O) groups excluding carboxylic acids is 1. The number of benzene rings is 5. The van der Waals surface area contributed by atoms with Crippen LogP contribution >= 0.6 is 0 Å². The molecule has 6 rings (SSSR count). The zero-order valence-electron chi connectivity index (χ0n) is 29.3. The van der Waals surface area contributed by atoms with E-state index < -0.39 is 32.7 Å². The number of hydrogen-bond acceptors (Lipinski definition) is 14. The molecule has 56 heavy (non-hydrogen) atoms. The maximum absolute atomic E-state index is 12.7. The predicted molar refractivity (Wildman–Crippen MR) is 202 cm³/mol. The van der Waals surface area contributed by atoms with E-state index in [2.05, 4.69) is 35.8 Å². The van der Waals surface area contributed by atoms with E-state index in [1.54, 1.807) is 62.6 Å². The van der Waals surface area contributed by atoms with Gasteiger partial charge < -0.3 is 35.6 Å². The molecule has 0 aliphatic heterocycles. The van der Waals surface area contributed by atoms with Crippen LogP contribution in [-0.4, -0.2) is 80.1 Å². The Morgan fingerprint density at radius 3 is 2.04 bits per heavy atom. The minimum Gasteiger partial charge on any atom is -0.505 e. The van der Waals surface area contributed by atoms with Crippen LogP contribution in [0.4, 0.5) is 34.6 Å². The van der Waals surface area contributed by atoms with E-state index >= 15 is 0 Å². The lowest BCUT2D eigenvalue weighted by Crippen LogP contribution is -2.21. The molecule has 284 valence electrons. The first-order chi connectivity index (χ1) is 26.7. The van der Waals surface area contributed by atoms with Gasteiger partial charge in [0.15, 0.2) is 5.75 Å². The maximum atomic E-state index is 12.7. The van der Waals surface area contributed by atoms with Crippen LogP contribution in [0.1, 0.15) is 36.6 Å². The fourth-order valence-corrected chi connectivity index (χ4v) is 5.82. The topological polar surface area (TPSA) is 266 Å². The second kappa shape index (κ2) is 15.8. The molecule has 0 radical (unpaired) electrons. The van der Waals surface area contributed by atoms with Crippen LogP contribution in [0, 0.1) is 0 Å². The van der Waals surface area contributed by atoms with Gasteiger partial charge in [-0.1, -0.05) is 48.5 Å². The number of carbonyl (C=O) groups is 3. The fourth-order valence-electron chi connectivity index (χ4n) is 5.28. The first kappa shape index (κ1) is 38.2. The Balaban J connectivity index is 1.45. The predicted octanol–water partition coefficient (Wildman–Crippen LogP) is 6.56. The molecule has 18 nitrogen and oxygen atoms in total. The fraction of sp³-hybridized carbons (Fsp3) is 0.0811. The van der Waals surface area contributed by atoms with Crippen LogP contribution in [0.5, 0.6) is 11.8 Å². The smallest absolute Gasteiger partial charge is 0.335 e. The van der Waals surface area contributed by atoms with E-state index in [0.717, 1.165) is 35.9 Å². The minimum absolute atomic E-state index is 0.00608. The monoisotopic (exact) mass is 778 g/mol. The first-order valence-electron chi connectivity index (χ1n) is 16.2. The molecule has 0 atom stereocenters. The molecule has 0 fully saturated rings. The van der Waals surface area contributed by atoms with E-state index in [-0.39, 0.29) is 80.6 Å². The van der Waals surface area contributed by atoms with Crippen molar-refractivity contribution in [2.75, 3.05) is 24.7 Å². The molecule has 1 aromatic heterocycles. The van der Waals surface area contributed by atoms with E-state index in [1.165, 1.54) is 17.0 Å². The number of carboxylic acids is 2. The molecule has 0 spiro atoms. The van der Waals surface area contributed by atoms with Gasteiger partial charge >= 0.3 is 17.9 Å². The van der Waals surface area contributed by atoms with Crippen LogP contribution in [0.2, 0.25) is 0 Å². The number of aromatic nitrogens is 3. The number of rotatable bonds is 13. The van der Waals surface area contributed by atoms with Crippen molar-refractivity contribution in [2.24, 2.45) is 10.2 Å². The molecule has 0 saturated carbocycles. The maximum Gasteiger partial charge on any atom is 0.335 e. The van der Waals surface area contributed by atoms with Crippen molar-refractivity contribution in [3.63, 3.8) is 0 Å². The van der Waals surface area contributed by atoms with Crippen molar-refractivity contribution in [3.8, 4) is 11.8 Å². The van der Waals surface area contributed by atoms with E-state index in [1.807, 2.05) is 6.07 Å². The van der Waals surface area contributed by atoms with Crippen LogP contribution in [0.15, 0.2) is 112 Å². The summed E-state index contributed by atoms with van der Waals surface area (Å²) in [6.45, 7) is -0.0129. The van der Waals surface area contributed by atoms with Crippen molar-refractivity contribution in [1.29, 1.82) is 0 Å². The molecule has 0 aliphatic rings. The number of nitrogens with zero attached hydrogens (tertiary/aromatic N) is 6. The highest BCUT2D eigenvalue weighted by molar-refractivity contribution is 7.85. The Kier molecular flexibility index (Phi) is 10.8. The number of nitrogens with one attached hydrogen (secondary N) is 2. The van der Waals surface area contributed by atoms with Crippen LogP contribution in [0.3, 0.4) is 0 Å². The van der Waals surface area contributed by atoms with Gasteiger partial charge in [0, 0.05) is 25.2 Å². The second-order valence-corrected chi connectivity index (χ2v) is 13.5.